The maximum atomic E-state index is 14.7. The molecule has 1 amide bonds. The minimum atomic E-state index is -1.28. The maximum Gasteiger partial charge on any atom is 0.407 e. The standard InChI is InChI=1S/C24H24FN5O3S9/c1-26-20(31)32-9-3-4-13-6-7-15(10-16(13)25)33-12-17-28-29-19(30(17)14-5-2-8-27-11-14)42-22(37)18(34)21(35,36)23(38,39)24(22,40)41/h2,5-8,10-11,18,34-41H,9,12H2,1H3,(H,26,31). The van der Waals surface area contributed by atoms with E-state index >= 15 is 0 Å². The molecule has 0 aliphatic heterocycles. The van der Waals surface area contributed by atoms with Crippen LogP contribution in [0.1, 0.15) is 11.4 Å². The van der Waals surface area contributed by atoms with Gasteiger partial charge in [-0.1, -0.05) is 23.6 Å². The maximum absolute atomic E-state index is 14.7. The zero-order valence-corrected chi connectivity index (χ0v) is 29.4. The van der Waals surface area contributed by atoms with Crippen LogP contribution < -0.4 is 10.1 Å². The molecule has 1 N–H and O–H groups in total. The van der Waals surface area contributed by atoms with E-state index in [1.807, 2.05) is 6.07 Å². The molecule has 1 saturated carbocycles. The number of pyridine rings is 1. The fraction of sp³-hybridized carbons (Fsp3) is 0.333. The van der Waals surface area contributed by atoms with Crippen LogP contribution in [0.3, 0.4) is 0 Å². The van der Waals surface area contributed by atoms with Crippen LogP contribution in [0.25, 0.3) is 5.69 Å². The van der Waals surface area contributed by atoms with Gasteiger partial charge in [0, 0.05) is 19.3 Å². The van der Waals surface area contributed by atoms with Crippen LogP contribution >= 0.6 is 113 Å². The highest BCUT2D eigenvalue weighted by atomic mass is 32.2. The van der Waals surface area contributed by atoms with Gasteiger partial charge in [-0.2, -0.15) is 101 Å². The van der Waals surface area contributed by atoms with E-state index in [-0.39, 0.29) is 24.5 Å². The topological polar surface area (TPSA) is 91.2 Å². The molecule has 1 aliphatic carbocycles. The minimum absolute atomic E-state index is 0.0736. The van der Waals surface area contributed by atoms with Crippen LogP contribution in [0.4, 0.5) is 9.18 Å². The van der Waals surface area contributed by atoms with Crippen molar-refractivity contribution in [2.24, 2.45) is 0 Å². The van der Waals surface area contributed by atoms with E-state index < -0.39 is 33.5 Å². The lowest BCUT2D eigenvalue weighted by molar-refractivity contribution is 0.162. The summed E-state index contributed by atoms with van der Waals surface area (Å²) in [6.07, 6.45) is 2.64. The van der Waals surface area contributed by atoms with E-state index in [0.29, 0.717) is 16.7 Å². The van der Waals surface area contributed by atoms with Crippen molar-refractivity contribution in [2.75, 3.05) is 13.7 Å². The zero-order chi connectivity index (χ0) is 30.9. The fourth-order valence-corrected chi connectivity index (χ4v) is 9.85. The molecule has 2 heterocycles. The monoisotopic (exact) mass is 737 g/mol. The number of carbonyl (C=O) groups excluding carboxylic acids is 1. The van der Waals surface area contributed by atoms with E-state index in [1.54, 1.807) is 29.1 Å². The molecule has 224 valence electrons. The molecule has 18 heteroatoms. The Balaban J connectivity index is 1.60. The van der Waals surface area contributed by atoms with E-state index in [4.69, 9.17) is 60.0 Å². The summed E-state index contributed by atoms with van der Waals surface area (Å²) in [4.78, 5) is 15.3. The molecule has 3 aromatic rings. The molecule has 2 unspecified atom stereocenters. The lowest BCUT2D eigenvalue weighted by Crippen LogP contribution is -2.47. The number of hydrogen-bond acceptors (Lipinski definition) is 15. The average Bonchev–Trinajstić information content (AvgIpc) is 3.38. The van der Waals surface area contributed by atoms with Gasteiger partial charge in [-0.3, -0.25) is 9.55 Å². The summed E-state index contributed by atoms with van der Waals surface area (Å²) in [7, 11) is 1.43. The first-order valence-corrected chi connectivity index (χ1v) is 16.2. The van der Waals surface area contributed by atoms with Crippen molar-refractivity contribution in [1.82, 2.24) is 25.1 Å². The quantitative estimate of drug-likeness (QED) is 0.0981. The summed E-state index contributed by atoms with van der Waals surface area (Å²) in [5.74, 6) is 5.22. The first-order chi connectivity index (χ1) is 19.7. The molecular formula is C24H24FN5O3S9. The molecule has 1 fully saturated rings. The van der Waals surface area contributed by atoms with Gasteiger partial charge >= 0.3 is 6.09 Å². The number of rotatable bonds is 7. The van der Waals surface area contributed by atoms with Gasteiger partial charge in [-0.15, -0.1) is 10.2 Å². The van der Waals surface area contributed by atoms with Crippen LogP contribution in [0, 0.1) is 17.7 Å². The zero-order valence-electron chi connectivity index (χ0n) is 21.4. The number of thiol groups is 8. The second kappa shape index (κ2) is 13.3. The third-order valence-electron chi connectivity index (χ3n) is 6.11. The number of amides is 1. The molecule has 2 atom stereocenters. The largest absolute Gasteiger partial charge is 0.485 e. The lowest BCUT2D eigenvalue weighted by atomic mass is 10.2. The lowest BCUT2D eigenvalue weighted by Gasteiger charge is -2.42. The van der Waals surface area contributed by atoms with Crippen molar-refractivity contribution in [2.45, 2.75) is 33.3 Å². The van der Waals surface area contributed by atoms with Gasteiger partial charge in [0.25, 0.3) is 0 Å². The van der Waals surface area contributed by atoms with E-state index in [0.717, 1.165) is 0 Å². The predicted octanol–water partition coefficient (Wildman–Crippen LogP) is 4.79. The molecule has 1 aliphatic rings. The van der Waals surface area contributed by atoms with Crippen LogP contribution in [0.2, 0.25) is 0 Å². The number of alkyl carbamates (subject to hydrolysis) is 1. The number of carbonyl (C=O) groups is 1. The highest BCUT2D eigenvalue weighted by molar-refractivity contribution is 8.19. The number of hydrogen-bond donors (Lipinski definition) is 9. The van der Waals surface area contributed by atoms with E-state index in [1.165, 1.54) is 30.9 Å². The Morgan fingerprint density at radius 2 is 1.88 bits per heavy atom. The first-order valence-electron chi connectivity index (χ1n) is 11.7. The Hall–Kier alpha value is -0.780. The first kappa shape index (κ1) is 34.1. The third-order valence-corrected chi connectivity index (χ3v) is 15.8. The van der Waals surface area contributed by atoms with Crippen molar-refractivity contribution in [3.63, 3.8) is 0 Å². The number of aromatic nitrogens is 4. The molecule has 42 heavy (non-hydrogen) atoms. The molecule has 2 aromatic heterocycles. The summed E-state index contributed by atoms with van der Waals surface area (Å²) < 4.78 is 22.2. The summed E-state index contributed by atoms with van der Waals surface area (Å²) >= 11 is 39.3. The smallest absolute Gasteiger partial charge is 0.407 e. The minimum Gasteiger partial charge on any atom is -0.485 e. The predicted molar refractivity (Wildman–Crippen MR) is 190 cm³/mol. The Labute approximate surface area is 290 Å². The highest BCUT2D eigenvalue weighted by Crippen LogP contribution is 2.73. The second-order valence-electron chi connectivity index (χ2n) is 8.78. The molecule has 0 spiro atoms. The van der Waals surface area contributed by atoms with Crippen molar-refractivity contribution < 1.29 is 18.7 Å². The Kier molecular flexibility index (Phi) is 10.8. The molecule has 4 rings (SSSR count). The summed E-state index contributed by atoms with van der Waals surface area (Å²) in [5, 5.41) is 10.8. The SMILES string of the molecule is CNC(=O)OCC#Cc1ccc(OCc2nnc(SC3(S)C(S)C(S)(S)C(S)(S)C3(S)S)n2-c2cccnc2)cc1F. The Bertz CT molecular complexity index is 1530. The van der Waals surface area contributed by atoms with Gasteiger partial charge in [-0.25, -0.2) is 9.18 Å². The summed E-state index contributed by atoms with van der Waals surface area (Å²) in [6, 6.07) is 7.81. The van der Waals surface area contributed by atoms with Crippen molar-refractivity contribution in [3.8, 4) is 23.3 Å². The van der Waals surface area contributed by atoms with E-state index in [9.17, 15) is 9.18 Å². The Morgan fingerprint density at radius 1 is 1.14 bits per heavy atom. The molecule has 0 saturated heterocycles. The molecule has 0 bridgehead atoms. The van der Waals surface area contributed by atoms with Gasteiger partial charge in [-0.05, 0) is 24.3 Å². The summed E-state index contributed by atoms with van der Waals surface area (Å²) in [5.41, 5.74) is 0.757. The number of nitrogens with zero attached hydrogens (tertiary/aromatic N) is 4. The van der Waals surface area contributed by atoms with Gasteiger partial charge < -0.3 is 14.8 Å². The molecular weight excluding hydrogens is 714 g/mol. The number of ether oxygens (including phenoxy) is 2. The van der Waals surface area contributed by atoms with Gasteiger partial charge in [0.2, 0.25) is 0 Å². The summed E-state index contributed by atoms with van der Waals surface area (Å²) in [6.45, 7) is -0.257. The van der Waals surface area contributed by atoms with Gasteiger partial charge in [0.15, 0.2) is 17.6 Å². The Morgan fingerprint density at radius 3 is 2.48 bits per heavy atom. The number of benzene rings is 1. The van der Waals surface area contributed by atoms with Crippen LogP contribution in [-0.2, 0) is 11.3 Å². The molecule has 0 radical (unpaired) electrons. The molecule has 8 nitrogen and oxygen atoms in total. The van der Waals surface area contributed by atoms with Crippen LogP contribution in [0.15, 0.2) is 47.9 Å². The van der Waals surface area contributed by atoms with Crippen molar-refractivity contribution >= 4 is 119 Å². The van der Waals surface area contributed by atoms with Gasteiger partial charge in [0.1, 0.15) is 30.4 Å². The normalized spacial score (nSPS) is 21.7. The average molecular weight is 738 g/mol. The fourth-order valence-electron chi connectivity index (χ4n) is 3.77. The highest BCUT2D eigenvalue weighted by Gasteiger charge is 2.75. The van der Waals surface area contributed by atoms with Gasteiger partial charge in [0.05, 0.1) is 26.8 Å². The number of thioether (sulfide) groups is 1. The van der Waals surface area contributed by atoms with Crippen molar-refractivity contribution in [1.29, 1.82) is 0 Å². The number of nitrogens with one attached hydrogen (secondary N) is 1. The van der Waals surface area contributed by atoms with E-state index in [2.05, 4.69) is 82.9 Å². The third kappa shape index (κ3) is 6.32. The van der Waals surface area contributed by atoms with Crippen LogP contribution in [0.5, 0.6) is 5.75 Å². The van der Waals surface area contributed by atoms with Crippen molar-refractivity contribution in [3.05, 3.63) is 59.9 Å². The second-order valence-corrected chi connectivity index (χ2v) is 16.7. The molecule has 1 aromatic carbocycles. The van der Waals surface area contributed by atoms with Crippen LogP contribution in [-0.4, -0.2) is 61.1 Å². The number of halogens is 1.